The van der Waals surface area contributed by atoms with E-state index in [9.17, 15) is 18.4 Å². The fourth-order valence-corrected chi connectivity index (χ4v) is 2.73. The number of nitrogens with zero attached hydrogens (tertiary/aromatic N) is 3. The molecule has 0 saturated carbocycles. The zero-order chi connectivity index (χ0) is 21.0. The SMILES string of the molecule is Cc1cc(C)n(-c2ccc(NC(=O)CCNC(=O)c3ccc(F)cc3F)cn2)n1. The maximum Gasteiger partial charge on any atom is 0.254 e. The van der Waals surface area contributed by atoms with Gasteiger partial charge in [0.1, 0.15) is 11.6 Å². The summed E-state index contributed by atoms with van der Waals surface area (Å²) in [5, 5.41) is 9.44. The number of rotatable bonds is 6. The quantitative estimate of drug-likeness (QED) is 0.667. The van der Waals surface area contributed by atoms with Gasteiger partial charge in [0.2, 0.25) is 5.91 Å². The summed E-state index contributed by atoms with van der Waals surface area (Å²) in [7, 11) is 0. The minimum absolute atomic E-state index is 0.00124. The first-order chi connectivity index (χ1) is 13.8. The Hall–Kier alpha value is -3.62. The standard InChI is InChI=1S/C20H19F2N5O2/c1-12-9-13(2)27(26-12)18-6-4-15(11-24-18)25-19(28)7-8-23-20(29)16-5-3-14(21)10-17(16)22/h3-6,9-11H,7-8H2,1-2H3,(H,23,29)(H,25,28). The van der Waals surface area contributed by atoms with Crippen molar-refractivity contribution < 1.29 is 18.4 Å². The summed E-state index contributed by atoms with van der Waals surface area (Å²) in [6, 6.07) is 8.04. The van der Waals surface area contributed by atoms with Crippen LogP contribution in [0, 0.1) is 25.5 Å². The lowest BCUT2D eigenvalue weighted by Gasteiger charge is -2.08. The molecule has 2 N–H and O–H groups in total. The molecule has 0 aliphatic carbocycles. The molecular formula is C20H19F2N5O2. The van der Waals surface area contributed by atoms with Crippen molar-refractivity contribution >= 4 is 17.5 Å². The summed E-state index contributed by atoms with van der Waals surface area (Å²) in [5.74, 6) is -2.16. The first-order valence-corrected chi connectivity index (χ1v) is 8.86. The molecule has 0 atom stereocenters. The van der Waals surface area contributed by atoms with Crippen molar-refractivity contribution in [3.63, 3.8) is 0 Å². The molecule has 0 unspecified atom stereocenters. The maximum atomic E-state index is 13.6. The number of carbonyl (C=O) groups excluding carboxylic acids is 2. The molecule has 0 saturated heterocycles. The number of benzene rings is 1. The Morgan fingerprint density at radius 1 is 1.10 bits per heavy atom. The molecule has 0 aliphatic heterocycles. The molecule has 1 aromatic carbocycles. The molecule has 29 heavy (non-hydrogen) atoms. The second-order valence-corrected chi connectivity index (χ2v) is 6.42. The molecule has 3 rings (SSSR count). The van der Waals surface area contributed by atoms with E-state index < -0.39 is 17.5 Å². The van der Waals surface area contributed by atoms with Crippen LogP contribution in [0.4, 0.5) is 14.5 Å². The smallest absolute Gasteiger partial charge is 0.254 e. The highest BCUT2D eigenvalue weighted by atomic mass is 19.1. The number of pyridine rings is 1. The van der Waals surface area contributed by atoms with Crippen LogP contribution in [0.1, 0.15) is 28.2 Å². The van der Waals surface area contributed by atoms with E-state index in [1.807, 2.05) is 19.9 Å². The fraction of sp³-hybridized carbons (Fsp3) is 0.200. The lowest BCUT2D eigenvalue weighted by Crippen LogP contribution is -2.28. The Morgan fingerprint density at radius 3 is 2.52 bits per heavy atom. The van der Waals surface area contributed by atoms with Gasteiger partial charge < -0.3 is 10.6 Å². The molecule has 0 fully saturated rings. The van der Waals surface area contributed by atoms with Gasteiger partial charge in [0, 0.05) is 24.7 Å². The third-order valence-corrected chi connectivity index (χ3v) is 4.07. The zero-order valence-electron chi connectivity index (χ0n) is 15.9. The van der Waals surface area contributed by atoms with Gasteiger partial charge in [-0.15, -0.1) is 0 Å². The van der Waals surface area contributed by atoms with Crippen LogP contribution in [0.5, 0.6) is 0 Å². The summed E-state index contributed by atoms with van der Waals surface area (Å²) in [5.41, 5.74) is 2.04. The molecule has 2 aromatic heterocycles. The van der Waals surface area contributed by atoms with E-state index in [1.54, 1.807) is 16.8 Å². The lowest BCUT2D eigenvalue weighted by molar-refractivity contribution is -0.116. The van der Waals surface area contributed by atoms with Crippen molar-refractivity contribution in [2.24, 2.45) is 0 Å². The topological polar surface area (TPSA) is 88.9 Å². The number of hydrogen-bond acceptors (Lipinski definition) is 4. The van der Waals surface area contributed by atoms with Gasteiger partial charge in [-0.1, -0.05) is 0 Å². The molecule has 7 nitrogen and oxygen atoms in total. The zero-order valence-corrected chi connectivity index (χ0v) is 15.9. The molecule has 0 aliphatic rings. The van der Waals surface area contributed by atoms with Gasteiger partial charge in [0.15, 0.2) is 5.82 Å². The van der Waals surface area contributed by atoms with Crippen LogP contribution in [-0.4, -0.2) is 33.1 Å². The average molecular weight is 399 g/mol. The van der Waals surface area contributed by atoms with Crippen molar-refractivity contribution in [1.29, 1.82) is 0 Å². The van der Waals surface area contributed by atoms with E-state index >= 15 is 0 Å². The summed E-state index contributed by atoms with van der Waals surface area (Å²) in [4.78, 5) is 28.2. The second kappa shape index (κ2) is 8.59. The fourth-order valence-electron chi connectivity index (χ4n) is 2.73. The van der Waals surface area contributed by atoms with Crippen LogP contribution in [0.15, 0.2) is 42.6 Å². The van der Waals surface area contributed by atoms with E-state index in [2.05, 4.69) is 20.7 Å². The summed E-state index contributed by atoms with van der Waals surface area (Å²) in [6.45, 7) is 3.81. The number of halogens is 2. The number of carbonyl (C=O) groups is 2. The van der Waals surface area contributed by atoms with Gasteiger partial charge in [0.25, 0.3) is 5.91 Å². The van der Waals surface area contributed by atoms with Crippen LogP contribution in [-0.2, 0) is 4.79 Å². The predicted octanol–water partition coefficient (Wildman–Crippen LogP) is 2.92. The van der Waals surface area contributed by atoms with Gasteiger partial charge >= 0.3 is 0 Å². The Morgan fingerprint density at radius 2 is 1.90 bits per heavy atom. The Kier molecular flexibility index (Phi) is 5.96. The number of hydrogen-bond donors (Lipinski definition) is 2. The molecule has 0 spiro atoms. The van der Waals surface area contributed by atoms with Gasteiger partial charge in [-0.05, 0) is 44.2 Å². The van der Waals surface area contributed by atoms with Crippen LogP contribution in [0.3, 0.4) is 0 Å². The van der Waals surface area contributed by atoms with E-state index in [4.69, 9.17) is 0 Å². The summed E-state index contributed by atoms with van der Waals surface area (Å²) < 4.78 is 28.1. The van der Waals surface area contributed by atoms with Gasteiger partial charge in [0.05, 0.1) is 23.1 Å². The molecule has 9 heteroatoms. The van der Waals surface area contributed by atoms with Crippen molar-refractivity contribution in [1.82, 2.24) is 20.1 Å². The molecule has 0 bridgehead atoms. The number of anilines is 1. The summed E-state index contributed by atoms with van der Waals surface area (Å²) >= 11 is 0. The maximum absolute atomic E-state index is 13.6. The van der Waals surface area contributed by atoms with Gasteiger partial charge in [-0.25, -0.2) is 18.4 Å². The molecule has 3 aromatic rings. The van der Waals surface area contributed by atoms with Crippen molar-refractivity contribution in [2.45, 2.75) is 20.3 Å². The highest BCUT2D eigenvalue weighted by Crippen LogP contribution is 2.13. The second-order valence-electron chi connectivity index (χ2n) is 6.42. The molecule has 0 radical (unpaired) electrons. The van der Waals surface area contributed by atoms with Crippen molar-refractivity contribution in [2.75, 3.05) is 11.9 Å². The predicted molar refractivity (Wildman–Crippen MR) is 103 cm³/mol. The number of nitrogens with one attached hydrogen (secondary N) is 2. The Balaban J connectivity index is 1.50. The first-order valence-electron chi connectivity index (χ1n) is 8.86. The normalized spacial score (nSPS) is 10.6. The van der Waals surface area contributed by atoms with Gasteiger partial charge in [-0.2, -0.15) is 5.10 Å². The molecule has 150 valence electrons. The molecular weight excluding hydrogens is 380 g/mol. The van der Waals surface area contributed by atoms with Crippen LogP contribution in [0.25, 0.3) is 5.82 Å². The highest BCUT2D eigenvalue weighted by molar-refractivity contribution is 5.95. The lowest BCUT2D eigenvalue weighted by atomic mass is 10.2. The van der Waals surface area contributed by atoms with Crippen molar-refractivity contribution in [3.05, 3.63) is 71.2 Å². The van der Waals surface area contributed by atoms with E-state index in [1.165, 1.54) is 6.20 Å². The Labute approximate surface area is 165 Å². The van der Waals surface area contributed by atoms with Gasteiger partial charge in [-0.3, -0.25) is 9.59 Å². The van der Waals surface area contributed by atoms with Crippen LogP contribution >= 0.6 is 0 Å². The van der Waals surface area contributed by atoms with Crippen molar-refractivity contribution in [3.8, 4) is 5.82 Å². The largest absolute Gasteiger partial charge is 0.351 e. The monoisotopic (exact) mass is 399 g/mol. The first kappa shape index (κ1) is 20.1. The molecule has 2 amide bonds. The molecule has 2 heterocycles. The van der Waals surface area contributed by atoms with E-state index in [0.717, 1.165) is 23.5 Å². The number of aryl methyl sites for hydroxylation is 2. The van der Waals surface area contributed by atoms with E-state index in [-0.39, 0.29) is 24.4 Å². The average Bonchev–Trinajstić information content (AvgIpc) is 3.00. The summed E-state index contributed by atoms with van der Waals surface area (Å²) in [6.07, 6.45) is 1.49. The van der Waals surface area contributed by atoms with E-state index in [0.29, 0.717) is 17.6 Å². The third-order valence-electron chi connectivity index (χ3n) is 4.07. The van der Waals surface area contributed by atoms with Crippen LogP contribution in [0.2, 0.25) is 0 Å². The van der Waals surface area contributed by atoms with Crippen LogP contribution < -0.4 is 10.6 Å². The Bertz CT molecular complexity index is 1050. The number of aromatic nitrogens is 3. The minimum atomic E-state index is -0.958. The highest BCUT2D eigenvalue weighted by Gasteiger charge is 2.13. The number of amides is 2. The minimum Gasteiger partial charge on any atom is -0.351 e. The third kappa shape index (κ3) is 5.01.